The van der Waals surface area contributed by atoms with Crippen LogP contribution in [-0.2, 0) is 4.74 Å². The Morgan fingerprint density at radius 2 is 1.95 bits per heavy atom. The molecule has 0 aliphatic rings. The molecule has 0 heterocycles. The monoisotopic (exact) mass is 351 g/mol. The van der Waals surface area contributed by atoms with Crippen LogP contribution in [-0.4, -0.2) is 32.4 Å². The van der Waals surface area contributed by atoms with Crippen molar-refractivity contribution in [3.63, 3.8) is 0 Å². The van der Waals surface area contributed by atoms with Crippen molar-refractivity contribution in [2.24, 2.45) is 0 Å². The molecule has 0 radical (unpaired) electrons. The van der Waals surface area contributed by atoms with Crippen molar-refractivity contribution in [2.45, 2.75) is 26.4 Å². The van der Waals surface area contributed by atoms with Crippen molar-refractivity contribution in [1.82, 2.24) is 5.32 Å². The number of rotatable bonds is 9. The summed E-state index contributed by atoms with van der Waals surface area (Å²) in [6, 6.07) is 2.48. The molecule has 0 amide bonds. The molecule has 0 fully saturated rings. The zero-order valence-electron chi connectivity index (χ0n) is 11.7. The fourth-order valence-electron chi connectivity index (χ4n) is 1.51. The van der Waals surface area contributed by atoms with E-state index in [2.05, 4.69) is 21.2 Å². The van der Waals surface area contributed by atoms with Gasteiger partial charge in [-0.05, 0) is 38.9 Å². The summed E-state index contributed by atoms with van der Waals surface area (Å²) in [5, 5.41) is 3.15. The molecule has 0 bridgehead atoms. The molecule has 6 heteroatoms. The number of hydrogen-bond acceptors (Lipinski definition) is 3. The second kappa shape index (κ2) is 9.26. The normalized spacial score (nSPS) is 11.1. The topological polar surface area (TPSA) is 30.5 Å². The average molecular weight is 352 g/mol. The number of halogens is 3. The van der Waals surface area contributed by atoms with Gasteiger partial charge in [0.1, 0.15) is 6.61 Å². The Morgan fingerprint density at radius 1 is 1.20 bits per heavy atom. The Morgan fingerprint density at radius 3 is 2.65 bits per heavy atom. The number of hydrogen-bond donors (Lipinski definition) is 1. The van der Waals surface area contributed by atoms with Gasteiger partial charge in [0, 0.05) is 17.6 Å². The lowest BCUT2D eigenvalue weighted by atomic mass is 10.3. The van der Waals surface area contributed by atoms with Crippen molar-refractivity contribution in [2.75, 3.05) is 26.3 Å². The lowest BCUT2D eigenvalue weighted by Crippen LogP contribution is -2.23. The maximum absolute atomic E-state index is 13.4. The first kappa shape index (κ1) is 17.3. The molecular weight excluding hydrogens is 332 g/mol. The van der Waals surface area contributed by atoms with Gasteiger partial charge in [-0.2, -0.15) is 4.39 Å². The molecule has 1 N–H and O–H groups in total. The predicted molar refractivity (Wildman–Crippen MR) is 78.1 cm³/mol. The van der Waals surface area contributed by atoms with Crippen LogP contribution in [0.2, 0.25) is 0 Å². The van der Waals surface area contributed by atoms with Gasteiger partial charge < -0.3 is 14.8 Å². The largest absolute Gasteiger partial charge is 0.489 e. The molecule has 1 aromatic rings. The van der Waals surface area contributed by atoms with Gasteiger partial charge in [-0.15, -0.1) is 0 Å². The maximum Gasteiger partial charge on any atom is 0.200 e. The molecule has 3 nitrogen and oxygen atoms in total. The van der Waals surface area contributed by atoms with Crippen molar-refractivity contribution in [1.29, 1.82) is 0 Å². The smallest absolute Gasteiger partial charge is 0.200 e. The van der Waals surface area contributed by atoms with Gasteiger partial charge in [-0.25, -0.2) is 4.39 Å². The Labute approximate surface area is 126 Å². The van der Waals surface area contributed by atoms with E-state index in [9.17, 15) is 8.78 Å². The Balaban J connectivity index is 2.16. The van der Waals surface area contributed by atoms with Crippen LogP contribution in [0, 0.1) is 11.6 Å². The molecule has 1 aromatic carbocycles. The fraction of sp³-hybridized carbons (Fsp3) is 0.571. The van der Waals surface area contributed by atoms with Gasteiger partial charge in [-0.3, -0.25) is 0 Å². The van der Waals surface area contributed by atoms with E-state index in [1.165, 1.54) is 6.07 Å². The van der Waals surface area contributed by atoms with Crippen molar-refractivity contribution in [3.8, 4) is 5.75 Å². The van der Waals surface area contributed by atoms with Gasteiger partial charge >= 0.3 is 0 Å². The summed E-state index contributed by atoms with van der Waals surface area (Å²) in [7, 11) is 0. The summed E-state index contributed by atoms with van der Waals surface area (Å²) in [6.07, 6.45) is 1.14. The minimum Gasteiger partial charge on any atom is -0.489 e. The maximum atomic E-state index is 13.4. The highest BCUT2D eigenvalue weighted by Crippen LogP contribution is 2.25. The predicted octanol–water partition coefficient (Wildman–Crippen LogP) is 3.51. The van der Waals surface area contributed by atoms with Crippen molar-refractivity contribution in [3.05, 3.63) is 28.2 Å². The van der Waals surface area contributed by atoms with Crippen LogP contribution >= 0.6 is 15.9 Å². The number of ether oxygens (including phenoxy) is 2. The molecule has 1 rings (SSSR count). The lowest BCUT2D eigenvalue weighted by Gasteiger charge is -2.10. The minimum atomic E-state index is -0.960. The molecule has 0 spiro atoms. The molecule has 0 unspecified atom stereocenters. The Bertz CT molecular complexity index is 416. The van der Waals surface area contributed by atoms with Crippen molar-refractivity contribution < 1.29 is 18.3 Å². The van der Waals surface area contributed by atoms with Crippen molar-refractivity contribution >= 4 is 15.9 Å². The van der Waals surface area contributed by atoms with Crippen LogP contribution in [0.25, 0.3) is 0 Å². The highest BCUT2D eigenvalue weighted by molar-refractivity contribution is 9.10. The van der Waals surface area contributed by atoms with E-state index in [1.807, 2.05) is 13.8 Å². The third kappa shape index (κ3) is 6.63. The molecule has 0 aromatic heterocycles. The van der Waals surface area contributed by atoms with Crippen LogP contribution in [0.4, 0.5) is 8.78 Å². The van der Waals surface area contributed by atoms with Crippen LogP contribution in [0.5, 0.6) is 5.75 Å². The molecule has 0 saturated heterocycles. The molecule has 20 heavy (non-hydrogen) atoms. The average Bonchev–Trinajstić information content (AvgIpc) is 2.37. The van der Waals surface area contributed by atoms with Crippen LogP contribution in [0.15, 0.2) is 16.6 Å². The third-order valence-electron chi connectivity index (χ3n) is 2.45. The number of nitrogens with one attached hydrogen (secondary N) is 1. The highest BCUT2D eigenvalue weighted by Gasteiger charge is 2.10. The van der Waals surface area contributed by atoms with E-state index < -0.39 is 11.6 Å². The van der Waals surface area contributed by atoms with E-state index in [1.54, 1.807) is 0 Å². The van der Waals surface area contributed by atoms with Gasteiger partial charge in [0.15, 0.2) is 11.6 Å². The molecule has 114 valence electrons. The fourth-order valence-corrected chi connectivity index (χ4v) is 1.92. The quantitative estimate of drug-likeness (QED) is 0.545. The first-order valence-corrected chi connectivity index (χ1v) is 7.39. The van der Waals surface area contributed by atoms with Crippen LogP contribution in [0.3, 0.4) is 0 Å². The second-order valence-corrected chi connectivity index (χ2v) is 5.49. The zero-order valence-corrected chi connectivity index (χ0v) is 13.3. The molecular formula is C14H20BrF2NO2. The molecule has 0 aliphatic carbocycles. The summed E-state index contributed by atoms with van der Waals surface area (Å²) in [4.78, 5) is 0. The summed E-state index contributed by atoms with van der Waals surface area (Å²) in [6.45, 7) is 6.33. The first-order valence-electron chi connectivity index (χ1n) is 6.60. The van der Waals surface area contributed by atoms with E-state index in [0.29, 0.717) is 17.6 Å². The van der Waals surface area contributed by atoms with E-state index in [4.69, 9.17) is 9.47 Å². The van der Waals surface area contributed by atoms with Gasteiger partial charge in [0.2, 0.25) is 5.82 Å². The SMILES string of the molecule is CC(C)OCCCNCCOc1cc(Br)cc(F)c1F. The van der Waals surface area contributed by atoms with E-state index in [0.717, 1.165) is 19.0 Å². The summed E-state index contributed by atoms with van der Waals surface area (Å²) in [5.41, 5.74) is 0. The summed E-state index contributed by atoms with van der Waals surface area (Å²) in [5.74, 6) is -1.96. The van der Waals surface area contributed by atoms with Gasteiger partial charge in [0.05, 0.1) is 6.10 Å². The molecule has 0 atom stereocenters. The standard InChI is InChI=1S/C14H20BrF2NO2/c1-10(2)19-6-3-4-18-5-7-20-13-9-11(15)8-12(16)14(13)17/h8-10,18H,3-7H2,1-2H3. The molecule has 0 aliphatic heterocycles. The zero-order chi connectivity index (χ0) is 15.0. The van der Waals surface area contributed by atoms with Gasteiger partial charge in [0.25, 0.3) is 0 Å². The van der Waals surface area contributed by atoms with E-state index >= 15 is 0 Å². The van der Waals surface area contributed by atoms with Crippen LogP contribution < -0.4 is 10.1 Å². The Kier molecular flexibility index (Phi) is 8.02. The second-order valence-electron chi connectivity index (χ2n) is 4.57. The van der Waals surface area contributed by atoms with Crippen LogP contribution in [0.1, 0.15) is 20.3 Å². The first-order chi connectivity index (χ1) is 9.50. The highest BCUT2D eigenvalue weighted by atomic mass is 79.9. The third-order valence-corrected chi connectivity index (χ3v) is 2.90. The summed E-state index contributed by atoms with van der Waals surface area (Å²) >= 11 is 3.09. The number of benzene rings is 1. The van der Waals surface area contributed by atoms with E-state index in [-0.39, 0.29) is 18.5 Å². The minimum absolute atomic E-state index is 0.0817. The van der Waals surface area contributed by atoms with Gasteiger partial charge in [-0.1, -0.05) is 15.9 Å². The Hall–Kier alpha value is -0.720. The summed E-state index contributed by atoms with van der Waals surface area (Å²) < 4.78 is 37.5. The lowest BCUT2D eigenvalue weighted by molar-refractivity contribution is 0.0769. The molecule has 0 saturated carbocycles.